The zero-order valence-corrected chi connectivity index (χ0v) is 17.9. The van der Waals surface area contributed by atoms with Crippen LogP contribution < -0.4 is 10.6 Å². The Labute approximate surface area is 181 Å². The Kier molecular flexibility index (Phi) is 7.75. The molecular formula is C22H26FN3O4S. The molecule has 0 radical (unpaired) electrons. The number of piperidine rings is 1. The summed E-state index contributed by atoms with van der Waals surface area (Å²) in [6.07, 6.45) is 0.968. The maximum atomic E-state index is 13.1. The number of halogens is 1. The Balaban J connectivity index is 1.39. The van der Waals surface area contributed by atoms with Gasteiger partial charge in [-0.3, -0.25) is 9.59 Å². The van der Waals surface area contributed by atoms with Crippen LogP contribution in [0, 0.1) is 11.7 Å². The van der Waals surface area contributed by atoms with Crippen molar-refractivity contribution in [2.75, 3.05) is 19.6 Å². The van der Waals surface area contributed by atoms with Gasteiger partial charge < -0.3 is 10.6 Å². The van der Waals surface area contributed by atoms with E-state index in [1.807, 2.05) is 30.3 Å². The van der Waals surface area contributed by atoms with Gasteiger partial charge in [-0.15, -0.1) is 0 Å². The second-order valence-corrected chi connectivity index (χ2v) is 9.37. The lowest BCUT2D eigenvalue weighted by Crippen LogP contribution is -2.43. The average Bonchev–Trinajstić information content (AvgIpc) is 2.78. The largest absolute Gasteiger partial charge is 0.355 e. The zero-order chi connectivity index (χ0) is 22.3. The average molecular weight is 448 g/mol. The zero-order valence-electron chi connectivity index (χ0n) is 17.1. The van der Waals surface area contributed by atoms with Crippen LogP contribution in [0.25, 0.3) is 0 Å². The van der Waals surface area contributed by atoms with Gasteiger partial charge in [0.25, 0.3) is 0 Å². The van der Waals surface area contributed by atoms with E-state index >= 15 is 0 Å². The first-order valence-corrected chi connectivity index (χ1v) is 11.6. The van der Waals surface area contributed by atoms with Crippen LogP contribution in [0.1, 0.15) is 24.8 Å². The molecule has 31 heavy (non-hydrogen) atoms. The minimum Gasteiger partial charge on any atom is -0.355 e. The molecule has 1 aliphatic rings. The van der Waals surface area contributed by atoms with Gasteiger partial charge >= 0.3 is 0 Å². The topological polar surface area (TPSA) is 95.6 Å². The number of nitrogens with one attached hydrogen (secondary N) is 2. The smallest absolute Gasteiger partial charge is 0.243 e. The SMILES string of the molecule is O=C(CCNC(=O)C1CCN(S(=O)(=O)c2ccc(F)cc2)CC1)NCc1ccccc1. The Hall–Kier alpha value is -2.78. The van der Waals surface area contributed by atoms with Gasteiger partial charge in [-0.25, -0.2) is 12.8 Å². The molecule has 3 rings (SSSR count). The summed E-state index contributed by atoms with van der Waals surface area (Å²) in [5.74, 6) is -1.12. The molecule has 1 heterocycles. The molecule has 2 aromatic carbocycles. The van der Waals surface area contributed by atoms with E-state index in [-0.39, 0.29) is 48.7 Å². The van der Waals surface area contributed by atoms with Crippen molar-refractivity contribution in [3.8, 4) is 0 Å². The molecule has 2 amide bonds. The highest BCUT2D eigenvalue weighted by Gasteiger charge is 2.32. The number of hydrogen-bond donors (Lipinski definition) is 2. The van der Waals surface area contributed by atoms with E-state index < -0.39 is 15.8 Å². The number of nitrogens with zero attached hydrogens (tertiary/aromatic N) is 1. The molecule has 0 atom stereocenters. The van der Waals surface area contributed by atoms with Crippen molar-refractivity contribution in [2.24, 2.45) is 5.92 Å². The molecule has 0 aromatic heterocycles. The highest BCUT2D eigenvalue weighted by molar-refractivity contribution is 7.89. The van der Waals surface area contributed by atoms with Crippen molar-refractivity contribution in [1.29, 1.82) is 0 Å². The first-order chi connectivity index (χ1) is 14.9. The van der Waals surface area contributed by atoms with Crippen molar-refractivity contribution in [3.63, 3.8) is 0 Å². The second kappa shape index (κ2) is 10.5. The molecule has 166 valence electrons. The van der Waals surface area contributed by atoms with E-state index in [9.17, 15) is 22.4 Å². The number of benzene rings is 2. The van der Waals surface area contributed by atoms with E-state index in [2.05, 4.69) is 10.6 Å². The minimum absolute atomic E-state index is 0.0401. The van der Waals surface area contributed by atoms with Crippen molar-refractivity contribution >= 4 is 21.8 Å². The molecule has 2 aromatic rings. The van der Waals surface area contributed by atoms with Crippen molar-refractivity contribution in [3.05, 3.63) is 66.0 Å². The first kappa shape index (κ1) is 22.9. The predicted octanol–water partition coefficient (Wildman–Crippen LogP) is 2.05. The van der Waals surface area contributed by atoms with E-state index in [1.165, 1.54) is 16.4 Å². The molecular weight excluding hydrogens is 421 g/mol. The Bertz CT molecular complexity index is 989. The van der Waals surface area contributed by atoms with Gasteiger partial charge in [0.2, 0.25) is 21.8 Å². The minimum atomic E-state index is -3.70. The monoisotopic (exact) mass is 447 g/mol. The molecule has 0 aliphatic carbocycles. The van der Waals surface area contributed by atoms with Crippen LogP contribution in [0.2, 0.25) is 0 Å². The van der Waals surface area contributed by atoms with E-state index in [4.69, 9.17) is 0 Å². The highest BCUT2D eigenvalue weighted by Crippen LogP contribution is 2.24. The lowest BCUT2D eigenvalue weighted by molar-refractivity contribution is -0.126. The van der Waals surface area contributed by atoms with Crippen molar-refractivity contribution in [1.82, 2.24) is 14.9 Å². The Morgan fingerprint density at radius 2 is 1.61 bits per heavy atom. The summed E-state index contributed by atoms with van der Waals surface area (Å²) in [5, 5.41) is 5.57. The molecule has 9 heteroatoms. The fourth-order valence-corrected chi connectivity index (χ4v) is 4.91. The van der Waals surface area contributed by atoms with Crippen LogP contribution in [0.3, 0.4) is 0 Å². The van der Waals surface area contributed by atoms with E-state index in [0.717, 1.165) is 17.7 Å². The molecule has 0 bridgehead atoms. The molecule has 0 saturated carbocycles. The molecule has 0 spiro atoms. The lowest BCUT2D eigenvalue weighted by Gasteiger charge is -2.30. The summed E-state index contributed by atoms with van der Waals surface area (Å²) >= 11 is 0. The van der Waals surface area contributed by atoms with Gasteiger partial charge in [-0.1, -0.05) is 30.3 Å². The van der Waals surface area contributed by atoms with Crippen LogP contribution >= 0.6 is 0 Å². The lowest BCUT2D eigenvalue weighted by atomic mass is 9.97. The van der Waals surface area contributed by atoms with Crippen LogP contribution in [0.4, 0.5) is 4.39 Å². The number of carbonyl (C=O) groups is 2. The molecule has 1 saturated heterocycles. The number of carbonyl (C=O) groups excluding carboxylic acids is 2. The summed E-state index contributed by atoms with van der Waals surface area (Å²) in [4.78, 5) is 24.3. The van der Waals surface area contributed by atoms with Gasteiger partial charge in [0.15, 0.2) is 0 Å². The fraction of sp³-hybridized carbons (Fsp3) is 0.364. The summed E-state index contributed by atoms with van der Waals surface area (Å²) in [6, 6.07) is 14.3. The van der Waals surface area contributed by atoms with Gasteiger partial charge in [0, 0.05) is 38.5 Å². The molecule has 1 fully saturated rings. The van der Waals surface area contributed by atoms with Crippen LogP contribution in [0.5, 0.6) is 0 Å². The maximum absolute atomic E-state index is 13.1. The summed E-state index contributed by atoms with van der Waals surface area (Å²) in [5.41, 5.74) is 1.00. The highest BCUT2D eigenvalue weighted by atomic mass is 32.2. The third kappa shape index (κ3) is 6.35. The molecule has 1 aliphatic heterocycles. The number of hydrogen-bond acceptors (Lipinski definition) is 4. The molecule has 7 nitrogen and oxygen atoms in total. The van der Waals surface area contributed by atoms with E-state index in [1.54, 1.807) is 0 Å². The Morgan fingerprint density at radius 1 is 0.968 bits per heavy atom. The first-order valence-electron chi connectivity index (χ1n) is 10.2. The molecule has 0 unspecified atom stereocenters. The van der Waals surface area contributed by atoms with Crippen molar-refractivity contribution in [2.45, 2.75) is 30.7 Å². The van der Waals surface area contributed by atoms with Crippen LogP contribution in [0.15, 0.2) is 59.5 Å². The third-order valence-corrected chi connectivity index (χ3v) is 7.17. The quantitative estimate of drug-likeness (QED) is 0.648. The summed E-state index contributed by atoms with van der Waals surface area (Å²) < 4.78 is 39.7. The predicted molar refractivity (Wildman–Crippen MR) is 114 cm³/mol. The van der Waals surface area contributed by atoms with Gasteiger partial charge in [-0.05, 0) is 42.7 Å². The van der Waals surface area contributed by atoms with Gasteiger partial charge in [-0.2, -0.15) is 4.31 Å². The van der Waals surface area contributed by atoms with Gasteiger partial charge in [0.1, 0.15) is 5.82 Å². The maximum Gasteiger partial charge on any atom is 0.243 e. The number of amides is 2. The summed E-state index contributed by atoms with van der Waals surface area (Å²) in [6.45, 7) is 1.10. The normalized spacial score (nSPS) is 15.4. The summed E-state index contributed by atoms with van der Waals surface area (Å²) in [7, 11) is -3.70. The number of sulfonamides is 1. The van der Waals surface area contributed by atoms with Crippen LogP contribution in [-0.4, -0.2) is 44.2 Å². The second-order valence-electron chi connectivity index (χ2n) is 7.44. The van der Waals surface area contributed by atoms with Crippen molar-refractivity contribution < 1.29 is 22.4 Å². The fourth-order valence-electron chi connectivity index (χ4n) is 3.44. The standard InChI is InChI=1S/C22H26FN3O4S/c23-19-6-8-20(9-7-19)31(29,30)26-14-11-18(12-15-26)22(28)24-13-10-21(27)25-16-17-4-2-1-3-5-17/h1-9,18H,10-16H2,(H,24,28)(H,25,27). The Morgan fingerprint density at radius 3 is 2.26 bits per heavy atom. The van der Waals surface area contributed by atoms with E-state index in [0.29, 0.717) is 19.4 Å². The third-order valence-electron chi connectivity index (χ3n) is 5.26. The molecule has 2 N–H and O–H groups in total. The van der Waals surface area contributed by atoms with Crippen LogP contribution in [-0.2, 0) is 26.2 Å². The number of rotatable bonds is 8. The van der Waals surface area contributed by atoms with Gasteiger partial charge in [0.05, 0.1) is 4.90 Å².